The molecule has 0 fully saturated rings. The van der Waals surface area contributed by atoms with E-state index >= 15 is 0 Å². The molecule has 0 saturated carbocycles. The van der Waals surface area contributed by atoms with Crippen LogP contribution < -0.4 is 9.47 Å². The molecule has 0 unspecified atom stereocenters. The summed E-state index contributed by atoms with van der Waals surface area (Å²) in [5, 5.41) is 0. The summed E-state index contributed by atoms with van der Waals surface area (Å²) >= 11 is 5.73. The number of hydrogen-bond donors (Lipinski definition) is 0. The van der Waals surface area contributed by atoms with E-state index in [4.69, 9.17) is 21.1 Å². The Labute approximate surface area is 119 Å². The zero-order chi connectivity index (χ0) is 14.3. The third-order valence-corrected chi connectivity index (χ3v) is 4.68. The number of sulfone groups is 1. The smallest absolute Gasteiger partial charge is 0.161 e. The summed E-state index contributed by atoms with van der Waals surface area (Å²) in [6, 6.07) is 5.34. The Balaban J connectivity index is 2.63. The standard InChI is InChI=1S/C13H19ClO4S/c1-3-7-19(15,16)8-6-18-12-5-4-11(10-14)9-13(12)17-2/h4-5,9H,3,6-8,10H2,1-2H3. The molecule has 1 rings (SSSR count). The van der Waals surface area contributed by atoms with Crippen LogP contribution in [0.15, 0.2) is 18.2 Å². The maximum Gasteiger partial charge on any atom is 0.161 e. The van der Waals surface area contributed by atoms with Crippen molar-refractivity contribution in [2.45, 2.75) is 19.2 Å². The van der Waals surface area contributed by atoms with E-state index < -0.39 is 9.84 Å². The van der Waals surface area contributed by atoms with E-state index in [1.807, 2.05) is 13.0 Å². The van der Waals surface area contributed by atoms with Gasteiger partial charge in [-0.25, -0.2) is 8.42 Å². The summed E-state index contributed by atoms with van der Waals surface area (Å²) in [6.45, 7) is 1.96. The van der Waals surface area contributed by atoms with Gasteiger partial charge in [0, 0.05) is 5.88 Å². The van der Waals surface area contributed by atoms with E-state index in [1.165, 1.54) is 7.11 Å². The van der Waals surface area contributed by atoms with Crippen molar-refractivity contribution in [3.63, 3.8) is 0 Å². The van der Waals surface area contributed by atoms with Crippen molar-refractivity contribution in [3.05, 3.63) is 23.8 Å². The summed E-state index contributed by atoms with van der Waals surface area (Å²) in [4.78, 5) is 0. The molecule has 0 spiro atoms. The second kappa shape index (κ2) is 7.60. The molecule has 0 radical (unpaired) electrons. The number of halogens is 1. The number of methoxy groups -OCH3 is 1. The summed E-state index contributed by atoms with van der Waals surface area (Å²) in [6.07, 6.45) is 0.621. The van der Waals surface area contributed by atoms with Gasteiger partial charge in [0.2, 0.25) is 0 Å². The minimum atomic E-state index is -3.02. The number of ether oxygens (including phenoxy) is 2. The average molecular weight is 307 g/mol. The van der Waals surface area contributed by atoms with Crippen molar-refractivity contribution < 1.29 is 17.9 Å². The highest BCUT2D eigenvalue weighted by atomic mass is 35.5. The van der Waals surface area contributed by atoms with Crippen LogP contribution in [-0.4, -0.2) is 33.6 Å². The molecule has 0 aliphatic rings. The maximum absolute atomic E-state index is 11.5. The fourth-order valence-electron chi connectivity index (χ4n) is 1.61. The number of benzene rings is 1. The second-order valence-corrected chi connectivity index (χ2v) is 6.69. The second-order valence-electron chi connectivity index (χ2n) is 4.12. The molecule has 1 aromatic rings. The fraction of sp³-hybridized carbons (Fsp3) is 0.538. The van der Waals surface area contributed by atoms with Gasteiger partial charge in [0.1, 0.15) is 6.61 Å². The SMILES string of the molecule is CCCS(=O)(=O)CCOc1ccc(CCl)cc1OC. The van der Waals surface area contributed by atoms with Crippen LogP contribution in [0.2, 0.25) is 0 Å². The first-order chi connectivity index (χ1) is 9.02. The van der Waals surface area contributed by atoms with Crippen LogP contribution in [0.3, 0.4) is 0 Å². The molecule has 0 N–H and O–H groups in total. The minimum absolute atomic E-state index is 0.0151. The highest BCUT2D eigenvalue weighted by molar-refractivity contribution is 7.91. The topological polar surface area (TPSA) is 52.6 Å². The Kier molecular flexibility index (Phi) is 6.45. The van der Waals surface area contributed by atoms with Crippen molar-refractivity contribution in [2.24, 2.45) is 0 Å². The normalized spacial score (nSPS) is 11.3. The summed E-state index contributed by atoms with van der Waals surface area (Å²) in [5.74, 6) is 1.69. The Morgan fingerprint density at radius 3 is 2.53 bits per heavy atom. The van der Waals surface area contributed by atoms with Gasteiger partial charge in [-0.15, -0.1) is 11.6 Å². The van der Waals surface area contributed by atoms with Gasteiger partial charge in [-0.3, -0.25) is 0 Å². The van der Waals surface area contributed by atoms with E-state index in [0.717, 1.165) is 5.56 Å². The van der Waals surface area contributed by atoms with Crippen molar-refractivity contribution >= 4 is 21.4 Å². The molecule has 0 saturated heterocycles. The Hall–Kier alpha value is -0.940. The first kappa shape index (κ1) is 16.1. The van der Waals surface area contributed by atoms with Crippen LogP contribution in [0.25, 0.3) is 0 Å². The minimum Gasteiger partial charge on any atom is -0.493 e. The lowest BCUT2D eigenvalue weighted by Gasteiger charge is -2.11. The van der Waals surface area contributed by atoms with Gasteiger partial charge in [0.15, 0.2) is 21.3 Å². The van der Waals surface area contributed by atoms with Crippen LogP contribution in [-0.2, 0) is 15.7 Å². The third-order valence-electron chi connectivity index (χ3n) is 2.55. The molecule has 108 valence electrons. The quantitative estimate of drug-likeness (QED) is 0.693. The average Bonchev–Trinajstić information content (AvgIpc) is 2.38. The zero-order valence-corrected chi connectivity index (χ0v) is 12.8. The molecular weight excluding hydrogens is 288 g/mol. The molecule has 0 bridgehead atoms. The van der Waals surface area contributed by atoms with Crippen molar-refractivity contribution in [3.8, 4) is 11.5 Å². The van der Waals surface area contributed by atoms with Gasteiger partial charge in [0.05, 0.1) is 18.6 Å². The van der Waals surface area contributed by atoms with Crippen LogP contribution in [0.4, 0.5) is 0 Å². The molecule has 0 atom stereocenters. The van der Waals surface area contributed by atoms with Crippen molar-refractivity contribution in [1.29, 1.82) is 0 Å². The highest BCUT2D eigenvalue weighted by Gasteiger charge is 2.11. The van der Waals surface area contributed by atoms with E-state index in [2.05, 4.69) is 0 Å². The van der Waals surface area contributed by atoms with Gasteiger partial charge in [-0.1, -0.05) is 13.0 Å². The van der Waals surface area contributed by atoms with Crippen LogP contribution in [0, 0.1) is 0 Å². The molecule has 0 aliphatic heterocycles. The monoisotopic (exact) mass is 306 g/mol. The van der Waals surface area contributed by atoms with E-state index in [0.29, 0.717) is 23.8 Å². The third kappa shape index (κ3) is 5.28. The predicted octanol–water partition coefficient (Wildman–Crippen LogP) is 2.64. The number of hydrogen-bond acceptors (Lipinski definition) is 4. The number of rotatable bonds is 8. The van der Waals surface area contributed by atoms with E-state index in [-0.39, 0.29) is 18.1 Å². The van der Waals surface area contributed by atoms with Gasteiger partial charge >= 0.3 is 0 Å². The lowest BCUT2D eigenvalue weighted by atomic mass is 10.2. The molecular formula is C13H19ClO4S. The van der Waals surface area contributed by atoms with Crippen LogP contribution in [0.1, 0.15) is 18.9 Å². The molecule has 6 heteroatoms. The Morgan fingerprint density at radius 2 is 1.95 bits per heavy atom. The van der Waals surface area contributed by atoms with E-state index in [9.17, 15) is 8.42 Å². The lowest BCUT2D eigenvalue weighted by molar-refractivity contribution is 0.311. The zero-order valence-electron chi connectivity index (χ0n) is 11.2. The van der Waals surface area contributed by atoms with Crippen molar-refractivity contribution in [1.82, 2.24) is 0 Å². The van der Waals surface area contributed by atoms with Gasteiger partial charge in [0.25, 0.3) is 0 Å². The van der Waals surface area contributed by atoms with Gasteiger partial charge in [-0.2, -0.15) is 0 Å². The highest BCUT2D eigenvalue weighted by Crippen LogP contribution is 2.28. The van der Waals surface area contributed by atoms with E-state index in [1.54, 1.807) is 12.1 Å². The molecule has 19 heavy (non-hydrogen) atoms. The number of alkyl halides is 1. The molecule has 0 heterocycles. The Morgan fingerprint density at radius 1 is 1.21 bits per heavy atom. The van der Waals surface area contributed by atoms with Gasteiger partial charge < -0.3 is 9.47 Å². The molecule has 4 nitrogen and oxygen atoms in total. The van der Waals surface area contributed by atoms with Crippen molar-refractivity contribution in [2.75, 3.05) is 25.2 Å². The lowest BCUT2D eigenvalue weighted by Crippen LogP contribution is -2.16. The predicted molar refractivity (Wildman–Crippen MR) is 77.0 cm³/mol. The summed E-state index contributed by atoms with van der Waals surface area (Å²) < 4.78 is 33.7. The molecule has 0 aliphatic carbocycles. The van der Waals surface area contributed by atoms with Crippen LogP contribution in [0.5, 0.6) is 11.5 Å². The molecule has 0 aromatic heterocycles. The first-order valence-corrected chi connectivity index (χ1v) is 8.44. The fourth-order valence-corrected chi connectivity index (χ4v) is 2.94. The maximum atomic E-state index is 11.5. The van der Waals surface area contributed by atoms with Gasteiger partial charge in [-0.05, 0) is 24.1 Å². The Bertz CT molecular complexity index is 499. The largest absolute Gasteiger partial charge is 0.493 e. The molecule has 1 aromatic carbocycles. The van der Waals surface area contributed by atoms with Crippen LogP contribution >= 0.6 is 11.6 Å². The summed E-state index contributed by atoms with van der Waals surface area (Å²) in [7, 11) is -1.49. The molecule has 0 amide bonds. The first-order valence-electron chi connectivity index (χ1n) is 6.08. The summed E-state index contributed by atoms with van der Waals surface area (Å²) in [5.41, 5.74) is 0.921.